The number of hydrogen-bond donors (Lipinski definition) is 0. The number of aromatic nitrogens is 2. The first kappa shape index (κ1) is 20.5. The minimum atomic E-state index is -0.0802. The third-order valence-electron chi connectivity index (χ3n) is 4.82. The highest BCUT2D eigenvalue weighted by Crippen LogP contribution is 2.17. The van der Waals surface area contributed by atoms with Gasteiger partial charge in [0.05, 0.1) is 0 Å². The summed E-state index contributed by atoms with van der Waals surface area (Å²) in [6, 6.07) is 22.1. The van der Waals surface area contributed by atoms with Crippen LogP contribution in [0.1, 0.15) is 42.4 Å². The zero-order chi connectivity index (χ0) is 20.6. The highest BCUT2D eigenvalue weighted by Gasteiger charge is 2.20. The summed E-state index contributed by atoms with van der Waals surface area (Å²) in [5.41, 5.74) is 2.71. The Hall–Kier alpha value is -3.21. The van der Waals surface area contributed by atoms with E-state index in [2.05, 4.69) is 40.8 Å². The molecule has 0 aliphatic carbocycles. The Labute approximate surface area is 173 Å². The number of nitrogens with zero attached hydrogens (tertiary/aromatic N) is 4. The standard InChI is InChI=1S/C24H28N4O/c1-4-27(17-20-11-7-5-8-12-20)23(29)22-15-16-25-24(26-22)28(19(2)3)18-21-13-9-6-10-14-21/h5-16,19H,4,17-18H2,1-3H3. The monoisotopic (exact) mass is 388 g/mol. The molecule has 29 heavy (non-hydrogen) atoms. The summed E-state index contributed by atoms with van der Waals surface area (Å²) in [6.45, 7) is 8.07. The van der Waals surface area contributed by atoms with Crippen LogP contribution in [0.5, 0.6) is 0 Å². The van der Waals surface area contributed by atoms with Gasteiger partial charge in [-0.15, -0.1) is 0 Å². The van der Waals surface area contributed by atoms with Gasteiger partial charge in [-0.2, -0.15) is 0 Å². The van der Waals surface area contributed by atoms with Gasteiger partial charge in [0, 0.05) is 31.9 Å². The van der Waals surface area contributed by atoms with Crippen molar-refractivity contribution < 1.29 is 4.79 Å². The van der Waals surface area contributed by atoms with Crippen LogP contribution in [0.4, 0.5) is 5.95 Å². The number of carbonyl (C=O) groups is 1. The maximum absolute atomic E-state index is 13.1. The van der Waals surface area contributed by atoms with Gasteiger partial charge in [-0.3, -0.25) is 4.79 Å². The molecule has 2 aromatic carbocycles. The van der Waals surface area contributed by atoms with Gasteiger partial charge in [-0.05, 0) is 38.0 Å². The number of benzene rings is 2. The van der Waals surface area contributed by atoms with E-state index in [1.807, 2.05) is 55.5 Å². The molecule has 1 amide bonds. The maximum Gasteiger partial charge on any atom is 0.272 e. The molecular weight excluding hydrogens is 360 g/mol. The van der Waals surface area contributed by atoms with Gasteiger partial charge in [0.25, 0.3) is 5.91 Å². The van der Waals surface area contributed by atoms with Crippen molar-refractivity contribution in [1.82, 2.24) is 14.9 Å². The van der Waals surface area contributed by atoms with Crippen LogP contribution in [0.2, 0.25) is 0 Å². The molecular formula is C24H28N4O. The molecule has 0 fully saturated rings. The fraction of sp³-hybridized carbons (Fsp3) is 0.292. The van der Waals surface area contributed by atoms with Gasteiger partial charge >= 0.3 is 0 Å². The molecule has 3 rings (SSSR count). The van der Waals surface area contributed by atoms with Crippen molar-refractivity contribution in [2.75, 3.05) is 11.4 Å². The molecule has 5 heteroatoms. The first-order chi connectivity index (χ1) is 14.1. The van der Waals surface area contributed by atoms with Crippen molar-refractivity contribution in [3.63, 3.8) is 0 Å². The highest BCUT2D eigenvalue weighted by molar-refractivity contribution is 5.92. The van der Waals surface area contributed by atoms with E-state index in [0.717, 1.165) is 5.56 Å². The van der Waals surface area contributed by atoms with Gasteiger partial charge in [0.1, 0.15) is 5.69 Å². The molecule has 0 aliphatic rings. The number of amides is 1. The average molecular weight is 389 g/mol. The van der Waals surface area contributed by atoms with E-state index in [9.17, 15) is 4.79 Å². The van der Waals surface area contributed by atoms with E-state index in [1.165, 1.54) is 5.56 Å². The molecule has 0 unspecified atom stereocenters. The fourth-order valence-corrected chi connectivity index (χ4v) is 3.16. The molecule has 1 aromatic heterocycles. The molecule has 0 N–H and O–H groups in total. The van der Waals surface area contributed by atoms with Crippen LogP contribution in [-0.2, 0) is 13.1 Å². The van der Waals surface area contributed by atoms with Crippen LogP contribution in [0, 0.1) is 0 Å². The number of rotatable bonds is 8. The van der Waals surface area contributed by atoms with E-state index >= 15 is 0 Å². The molecule has 0 bridgehead atoms. The summed E-state index contributed by atoms with van der Waals surface area (Å²) in [7, 11) is 0. The van der Waals surface area contributed by atoms with Crippen LogP contribution in [-0.4, -0.2) is 33.4 Å². The zero-order valence-electron chi connectivity index (χ0n) is 17.3. The molecule has 150 valence electrons. The summed E-state index contributed by atoms with van der Waals surface area (Å²) < 4.78 is 0. The van der Waals surface area contributed by atoms with Crippen LogP contribution in [0.25, 0.3) is 0 Å². The lowest BCUT2D eigenvalue weighted by Gasteiger charge is -2.27. The Morgan fingerprint density at radius 2 is 1.48 bits per heavy atom. The Kier molecular flexibility index (Phi) is 6.95. The predicted octanol–water partition coefficient (Wildman–Crippen LogP) is 4.55. The van der Waals surface area contributed by atoms with Crippen LogP contribution >= 0.6 is 0 Å². The summed E-state index contributed by atoms with van der Waals surface area (Å²) >= 11 is 0. The van der Waals surface area contributed by atoms with Gasteiger partial charge in [0.2, 0.25) is 5.95 Å². The molecule has 0 radical (unpaired) electrons. The molecule has 0 saturated heterocycles. The number of anilines is 1. The van der Waals surface area contributed by atoms with Gasteiger partial charge in [0.15, 0.2) is 0 Å². The minimum absolute atomic E-state index is 0.0802. The van der Waals surface area contributed by atoms with E-state index in [4.69, 9.17) is 0 Å². The van der Waals surface area contributed by atoms with Crippen molar-refractivity contribution in [2.45, 2.75) is 39.9 Å². The Morgan fingerprint density at radius 1 is 0.897 bits per heavy atom. The van der Waals surface area contributed by atoms with Gasteiger partial charge < -0.3 is 9.80 Å². The first-order valence-corrected chi connectivity index (χ1v) is 10.0. The van der Waals surface area contributed by atoms with Crippen LogP contribution < -0.4 is 4.90 Å². The van der Waals surface area contributed by atoms with Crippen LogP contribution in [0.3, 0.4) is 0 Å². The van der Waals surface area contributed by atoms with Gasteiger partial charge in [-0.25, -0.2) is 9.97 Å². The molecule has 0 saturated carbocycles. The zero-order valence-corrected chi connectivity index (χ0v) is 17.3. The summed E-state index contributed by atoms with van der Waals surface area (Å²) in [4.78, 5) is 26.1. The Morgan fingerprint density at radius 3 is 2.03 bits per heavy atom. The highest BCUT2D eigenvalue weighted by atomic mass is 16.2. The SMILES string of the molecule is CCN(Cc1ccccc1)C(=O)c1ccnc(N(Cc2ccccc2)C(C)C)n1. The lowest BCUT2D eigenvalue weighted by molar-refractivity contribution is 0.0746. The second-order valence-electron chi connectivity index (χ2n) is 7.25. The van der Waals surface area contributed by atoms with Crippen molar-refractivity contribution in [3.8, 4) is 0 Å². The topological polar surface area (TPSA) is 49.3 Å². The smallest absolute Gasteiger partial charge is 0.272 e. The van der Waals surface area contributed by atoms with Crippen LogP contribution in [0.15, 0.2) is 72.9 Å². The van der Waals surface area contributed by atoms with E-state index < -0.39 is 0 Å². The lowest BCUT2D eigenvalue weighted by Crippen LogP contribution is -2.34. The Bertz CT molecular complexity index is 912. The Balaban J connectivity index is 1.81. The minimum Gasteiger partial charge on any atom is -0.334 e. The molecule has 1 heterocycles. The third-order valence-corrected chi connectivity index (χ3v) is 4.82. The van der Waals surface area contributed by atoms with Gasteiger partial charge in [-0.1, -0.05) is 60.7 Å². The summed E-state index contributed by atoms with van der Waals surface area (Å²) in [5.74, 6) is 0.494. The third kappa shape index (κ3) is 5.41. The second-order valence-corrected chi connectivity index (χ2v) is 7.25. The van der Waals surface area contributed by atoms with Crippen molar-refractivity contribution >= 4 is 11.9 Å². The first-order valence-electron chi connectivity index (χ1n) is 10.0. The molecule has 0 spiro atoms. The number of carbonyl (C=O) groups excluding carboxylic acids is 1. The van der Waals surface area contributed by atoms with E-state index in [1.54, 1.807) is 17.2 Å². The summed E-state index contributed by atoms with van der Waals surface area (Å²) in [6.07, 6.45) is 1.67. The van der Waals surface area contributed by atoms with E-state index in [0.29, 0.717) is 31.3 Å². The molecule has 3 aromatic rings. The average Bonchev–Trinajstić information content (AvgIpc) is 2.76. The molecule has 0 aliphatic heterocycles. The van der Waals surface area contributed by atoms with Crippen molar-refractivity contribution in [1.29, 1.82) is 0 Å². The predicted molar refractivity (Wildman–Crippen MR) is 117 cm³/mol. The van der Waals surface area contributed by atoms with E-state index in [-0.39, 0.29) is 11.9 Å². The quantitative estimate of drug-likeness (QED) is 0.568. The fourth-order valence-electron chi connectivity index (χ4n) is 3.16. The lowest BCUT2D eigenvalue weighted by atomic mass is 10.2. The van der Waals surface area contributed by atoms with Crippen molar-refractivity contribution in [2.24, 2.45) is 0 Å². The van der Waals surface area contributed by atoms with Crippen molar-refractivity contribution in [3.05, 3.63) is 89.7 Å². The summed E-state index contributed by atoms with van der Waals surface area (Å²) in [5, 5.41) is 0. The molecule has 0 atom stereocenters. The number of hydrogen-bond acceptors (Lipinski definition) is 4. The normalized spacial score (nSPS) is 10.8. The largest absolute Gasteiger partial charge is 0.334 e. The second kappa shape index (κ2) is 9.82. The maximum atomic E-state index is 13.1. The molecule has 5 nitrogen and oxygen atoms in total.